The van der Waals surface area contributed by atoms with E-state index in [-0.39, 0.29) is 17.9 Å². The minimum atomic E-state index is -0.0933. The molecule has 0 aliphatic heterocycles. The summed E-state index contributed by atoms with van der Waals surface area (Å²) in [5.74, 6) is 0.908. The van der Waals surface area contributed by atoms with Crippen LogP contribution in [0.15, 0.2) is 34.7 Å². The second-order valence-corrected chi connectivity index (χ2v) is 6.16. The molecule has 5 heteroatoms. The Kier molecular flexibility index (Phi) is 6.41. The number of hydrogen-bond donors (Lipinski definition) is 1. The molecule has 1 atom stereocenters. The number of carbonyl (C=O) groups is 2. The molecule has 1 unspecified atom stereocenters. The summed E-state index contributed by atoms with van der Waals surface area (Å²) in [6, 6.07) is 9.76. The second kappa shape index (κ2) is 8.52. The molecule has 0 saturated heterocycles. The molecule has 1 N–H and O–H groups in total. The molecule has 0 spiro atoms. The summed E-state index contributed by atoms with van der Waals surface area (Å²) in [4.78, 5) is 24.8. The van der Waals surface area contributed by atoms with E-state index in [9.17, 15) is 9.59 Å². The third kappa shape index (κ3) is 4.85. The van der Waals surface area contributed by atoms with Gasteiger partial charge < -0.3 is 14.6 Å². The van der Waals surface area contributed by atoms with Crippen LogP contribution in [0.25, 0.3) is 11.0 Å². The lowest BCUT2D eigenvalue weighted by Crippen LogP contribution is -2.29. The Balaban J connectivity index is 1.80. The van der Waals surface area contributed by atoms with Crippen molar-refractivity contribution < 1.29 is 14.0 Å². The second-order valence-electron chi connectivity index (χ2n) is 6.16. The van der Waals surface area contributed by atoms with Crippen molar-refractivity contribution in [3.05, 3.63) is 36.1 Å². The normalized spacial score (nSPS) is 12.1. The molecule has 24 heavy (non-hydrogen) atoms. The van der Waals surface area contributed by atoms with Crippen LogP contribution in [0.4, 0.5) is 0 Å². The molecule has 1 aromatic carbocycles. The lowest BCUT2D eigenvalue weighted by atomic mass is 10.1. The molecule has 2 aromatic rings. The predicted octanol–water partition coefficient (Wildman–Crippen LogP) is 3.65. The number of nitrogens with one attached hydrogen (secondary N) is 1. The first-order valence-corrected chi connectivity index (χ1v) is 8.47. The van der Waals surface area contributed by atoms with Crippen LogP contribution in [0.5, 0.6) is 0 Å². The molecule has 1 aromatic heterocycles. The number of rotatable bonds is 8. The summed E-state index contributed by atoms with van der Waals surface area (Å²) in [5, 5.41) is 3.82. The fourth-order valence-corrected chi connectivity index (χ4v) is 2.63. The van der Waals surface area contributed by atoms with Crippen molar-refractivity contribution in [1.29, 1.82) is 0 Å². The summed E-state index contributed by atoms with van der Waals surface area (Å²) >= 11 is 0. The van der Waals surface area contributed by atoms with E-state index in [1.807, 2.05) is 44.3 Å². The molecule has 1 heterocycles. The molecule has 2 rings (SSSR count). The first-order chi connectivity index (χ1) is 11.5. The van der Waals surface area contributed by atoms with E-state index in [1.165, 1.54) is 6.92 Å². The van der Waals surface area contributed by atoms with Crippen LogP contribution in [0.3, 0.4) is 0 Å². The minimum Gasteiger partial charge on any atom is -0.459 e. The third-order valence-electron chi connectivity index (χ3n) is 4.27. The van der Waals surface area contributed by atoms with Crippen molar-refractivity contribution in [2.24, 2.45) is 0 Å². The third-order valence-corrected chi connectivity index (χ3v) is 4.27. The van der Waals surface area contributed by atoms with Crippen LogP contribution in [-0.2, 0) is 9.59 Å². The number of benzene rings is 1. The van der Waals surface area contributed by atoms with Crippen molar-refractivity contribution in [3.63, 3.8) is 0 Å². The maximum atomic E-state index is 12.3. The number of nitrogens with zero attached hydrogens (tertiary/aromatic N) is 1. The van der Waals surface area contributed by atoms with Gasteiger partial charge in [0, 0.05) is 32.3 Å². The van der Waals surface area contributed by atoms with Crippen LogP contribution in [0.2, 0.25) is 0 Å². The highest BCUT2D eigenvalue weighted by Crippen LogP contribution is 2.27. The number of furan rings is 1. The van der Waals surface area contributed by atoms with Gasteiger partial charge in [-0.2, -0.15) is 0 Å². The summed E-state index contributed by atoms with van der Waals surface area (Å²) in [5.41, 5.74) is 0.846. The number of amides is 2. The molecule has 2 amide bonds. The maximum absolute atomic E-state index is 12.3. The van der Waals surface area contributed by atoms with Crippen molar-refractivity contribution in [2.75, 3.05) is 13.6 Å². The first kappa shape index (κ1) is 18.0. The highest BCUT2D eigenvalue weighted by Gasteiger charge is 2.20. The molecule has 0 radical (unpaired) electrons. The Morgan fingerprint density at radius 3 is 2.67 bits per heavy atom. The lowest BCUT2D eigenvalue weighted by molar-refractivity contribution is -0.132. The highest BCUT2D eigenvalue weighted by atomic mass is 16.3. The van der Waals surface area contributed by atoms with E-state index in [4.69, 9.17) is 4.42 Å². The van der Waals surface area contributed by atoms with E-state index in [1.54, 1.807) is 4.90 Å². The van der Waals surface area contributed by atoms with E-state index < -0.39 is 0 Å². The summed E-state index contributed by atoms with van der Waals surface area (Å²) in [6.07, 6.45) is 3.17. The van der Waals surface area contributed by atoms with E-state index in [2.05, 4.69) is 5.32 Å². The predicted molar refractivity (Wildman–Crippen MR) is 94.6 cm³/mol. The zero-order chi connectivity index (χ0) is 17.5. The van der Waals surface area contributed by atoms with E-state index >= 15 is 0 Å². The van der Waals surface area contributed by atoms with Gasteiger partial charge in [-0.3, -0.25) is 9.59 Å². The van der Waals surface area contributed by atoms with Crippen molar-refractivity contribution in [1.82, 2.24) is 10.2 Å². The monoisotopic (exact) mass is 330 g/mol. The van der Waals surface area contributed by atoms with E-state index in [0.29, 0.717) is 13.0 Å². The van der Waals surface area contributed by atoms with Crippen molar-refractivity contribution in [3.8, 4) is 0 Å². The average molecular weight is 330 g/mol. The van der Waals surface area contributed by atoms with Crippen LogP contribution in [-0.4, -0.2) is 30.3 Å². The van der Waals surface area contributed by atoms with Gasteiger partial charge in [-0.25, -0.2) is 0 Å². The van der Waals surface area contributed by atoms with Gasteiger partial charge in [-0.1, -0.05) is 24.6 Å². The van der Waals surface area contributed by atoms with Gasteiger partial charge in [-0.15, -0.1) is 0 Å². The van der Waals surface area contributed by atoms with Gasteiger partial charge in [-0.05, 0) is 31.9 Å². The number of carbonyl (C=O) groups excluding carboxylic acids is 2. The largest absolute Gasteiger partial charge is 0.459 e. The molecule has 130 valence electrons. The topological polar surface area (TPSA) is 62.6 Å². The number of hydrogen-bond acceptors (Lipinski definition) is 3. The summed E-state index contributed by atoms with van der Waals surface area (Å²) in [6.45, 7) is 4.17. The zero-order valence-electron chi connectivity index (χ0n) is 14.7. The Morgan fingerprint density at radius 1 is 1.21 bits per heavy atom. The minimum absolute atomic E-state index is 0.00882. The molecule has 5 nitrogen and oxygen atoms in total. The SMILES string of the molecule is CC(=O)NCCCCCC(=O)N(C)C(C)c1cc2ccccc2o1. The Bertz CT molecular complexity index is 660. The smallest absolute Gasteiger partial charge is 0.222 e. The maximum Gasteiger partial charge on any atom is 0.222 e. The quantitative estimate of drug-likeness (QED) is 0.752. The Hall–Kier alpha value is -2.30. The van der Waals surface area contributed by atoms with Crippen molar-refractivity contribution in [2.45, 2.75) is 45.6 Å². The fourth-order valence-electron chi connectivity index (χ4n) is 2.63. The van der Waals surface area contributed by atoms with Crippen LogP contribution < -0.4 is 5.32 Å². The highest BCUT2D eigenvalue weighted by molar-refractivity contribution is 5.79. The Morgan fingerprint density at radius 2 is 1.96 bits per heavy atom. The molecule has 0 bridgehead atoms. The molecule has 0 aliphatic carbocycles. The standard InChI is InChI=1S/C19H26N2O3/c1-14(18-13-16-9-6-7-10-17(16)24-18)21(3)19(23)11-5-4-8-12-20-15(2)22/h6-7,9-10,13-14H,4-5,8,11-12H2,1-3H3,(H,20,22). The van der Waals surface area contributed by atoms with Crippen LogP contribution in [0.1, 0.15) is 51.3 Å². The number of unbranched alkanes of at least 4 members (excludes halogenated alkanes) is 2. The Labute approximate surface area is 143 Å². The van der Waals surface area contributed by atoms with Gasteiger partial charge in [0.1, 0.15) is 11.3 Å². The van der Waals surface area contributed by atoms with Gasteiger partial charge in [0.05, 0.1) is 6.04 Å². The van der Waals surface area contributed by atoms with Gasteiger partial charge in [0.2, 0.25) is 11.8 Å². The molecule has 0 aliphatic rings. The fraction of sp³-hybridized carbons (Fsp3) is 0.474. The van der Waals surface area contributed by atoms with Crippen molar-refractivity contribution >= 4 is 22.8 Å². The van der Waals surface area contributed by atoms with Crippen LogP contribution >= 0.6 is 0 Å². The van der Waals surface area contributed by atoms with Gasteiger partial charge >= 0.3 is 0 Å². The van der Waals surface area contributed by atoms with Crippen LogP contribution in [0, 0.1) is 0 Å². The molecule has 0 fully saturated rings. The van der Waals surface area contributed by atoms with E-state index in [0.717, 1.165) is 36.0 Å². The molecular weight excluding hydrogens is 304 g/mol. The van der Waals surface area contributed by atoms with Gasteiger partial charge in [0.25, 0.3) is 0 Å². The number of para-hydroxylation sites is 1. The molecular formula is C19H26N2O3. The molecule has 0 saturated carbocycles. The lowest BCUT2D eigenvalue weighted by Gasteiger charge is -2.23. The number of fused-ring (bicyclic) bond motifs is 1. The summed E-state index contributed by atoms with van der Waals surface area (Å²) in [7, 11) is 1.82. The van der Waals surface area contributed by atoms with Gasteiger partial charge in [0.15, 0.2) is 0 Å². The first-order valence-electron chi connectivity index (χ1n) is 8.47. The average Bonchev–Trinajstić information content (AvgIpc) is 3.00. The summed E-state index contributed by atoms with van der Waals surface area (Å²) < 4.78 is 5.85. The zero-order valence-corrected chi connectivity index (χ0v) is 14.7.